The highest BCUT2D eigenvalue weighted by Gasteiger charge is 2.20. The van der Waals surface area contributed by atoms with Gasteiger partial charge in [0.2, 0.25) is 5.91 Å². The second kappa shape index (κ2) is 6.00. The number of aliphatic hydroxyl groups is 1. The third kappa shape index (κ3) is 4.14. The monoisotopic (exact) mass is 253 g/mol. The van der Waals surface area contributed by atoms with Crippen molar-refractivity contribution in [3.63, 3.8) is 0 Å². The topological polar surface area (TPSA) is 78.0 Å². The second-order valence-electron chi connectivity index (χ2n) is 5.11. The first-order valence-corrected chi connectivity index (χ1v) is 6.35. The van der Waals surface area contributed by atoms with E-state index in [1.807, 2.05) is 20.8 Å². The summed E-state index contributed by atoms with van der Waals surface area (Å²) >= 11 is 0. The average molecular weight is 253 g/mol. The van der Waals surface area contributed by atoms with Crippen molar-refractivity contribution >= 4 is 5.91 Å². The molecule has 3 N–H and O–H groups in total. The van der Waals surface area contributed by atoms with Crippen molar-refractivity contribution in [3.8, 4) is 0 Å². The summed E-state index contributed by atoms with van der Waals surface area (Å²) in [5.41, 5.74) is 1.87. The van der Waals surface area contributed by atoms with Crippen LogP contribution in [0.25, 0.3) is 0 Å². The molecule has 5 heteroatoms. The molecule has 0 saturated heterocycles. The fourth-order valence-corrected chi connectivity index (χ4v) is 1.97. The van der Waals surface area contributed by atoms with Crippen LogP contribution in [0.1, 0.15) is 43.6 Å². The second-order valence-corrected chi connectivity index (χ2v) is 5.11. The molecule has 0 bridgehead atoms. The number of nitrogens with zero attached hydrogens (tertiary/aromatic N) is 1. The van der Waals surface area contributed by atoms with Gasteiger partial charge in [0, 0.05) is 17.8 Å². The van der Waals surface area contributed by atoms with E-state index in [2.05, 4.69) is 15.5 Å². The molecule has 102 valence electrons. The Morgan fingerprint density at radius 1 is 1.50 bits per heavy atom. The van der Waals surface area contributed by atoms with E-state index in [1.54, 1.807) is 6.92 Å². The van der Waals surface area contributed by atoms with Gasteiger partial charge in [-0.05, 0) is 27.2 Å². The molecule has 18 heavy (non-hydrogen) atoms. The van der Waals surface area contributed by atoms with E-state index in [9.17, 15) is 9.90 Å². The van der Waals surface area contributed by atoms with Crippen LogP contribution in [0, 0.1) is 13.8 Å². The first kappa shape index (κ1) is 14.7. The number of carbonyl (C=O) groups is 1. The van der Waals surface area contributed by atoms with E-state index in [4.69, 9.17) is 0 Å². The lowest BCUT2D eigenvalue weighted by Gasteiger charge is -2.22. The lowest BCUT2D eigenvalue weighted by atomic mass is 10.0. The van der Waals surface area contributed by atoms with Crippen LogP contribution in [0.5, 0.6) is 0 Å². The molecule has 0 aromatic carbocycles. The Hall–Kier alpha value is -1.36. The Bertz CT molecular complexity index is 391. The molecule has 1 heterocycles. The van der Waals surface area contributed by atoms with Gasteiger partial charge in [0.15, 0.2) is 0 Å². The molecule has 0 spiro atoms. The lowest BCUT2D eigenvalue weighted by Crippen LogP contribution is -2.41. The molecule has 5 nitrogen and oxygen atoms in total. The van der Waals surface area contributed by atoms with Crippen LogP contribution in [-0.2, 0) is 11.2 Å². The van der Waals surface area contributed by atoms with Gasteiger partial charge in [-0.25, -0.2) is 0 Å². The normalized spacial score (nSPS) is 14.3. The van der Waals surface area contributed by atoms with Gasteiger partial charge in [-0.2, -0.15) is 5.10 Å². The summed E-state index contributed by atoms with van der Waals surface area (Å²) in [5, 5.41) is 19.6. The number of H-pyrrole nitrogens is 1. The maximum Gasteiger partial charge on any atom is 0.224 e. The van der Waals surface area contributed by atoms with Crippen LogP contribution < -0.4 is 5.32 Å². The number of nitrogens with one attached hydrogen (secondary N) is 2. The zero-order valence-corrected chi connectivity index (χ0v) is 11.6. The minimum atomic E-state index is -0.828. The van der Waals surface area contributed by atoms with E-state index in [-0.39, 0.29) is 12.5 Å². The Balaban J connectivity index is 2.48. The number of aryl methyl sites for hydroxylation is 2. The summed E-state index contributed by atoms with van der Waals surface area (Å²) in [6, 6.07) is 0. The highest BCUT2D eigenvalue weighted by molar-refractivity contribution is 5.79. The summed E-state index contributed by atoms with van der Waals surface area (Å²) in [7, 11) is 0. The molecule has 0 saturated carbocycles. The van der Waals surface area contributed by atoms with Gasteiger partial charge in [0.1, 0.15) is 0 Å². The van der Waals surface area contributed by atoms with Gasteiger partial charge >= 0.3 is 0 Å². The summed E-state index contributed by atoms with van der Waals surface area (Å²) in [6.07, 6.45) is 1.87. The van der Waals surface area contributed by atoms with Crippen molar-refractivity contribution in [2.24, 2.45) is 0 Å². The first-order valence-electron chi connectivity index (χ1n) is 6.35. The van der Waals surface area contributed by atoms with Gasteiger partial charge in [-0.15, -0.1) is 0 Å². The number of hydrogen-bond acceptors (Lipinski definition) is 3. The molecule has 0 aliphatic heterocycles. The molecule has 0 radical (unpaired) electrons. The molecule has 0 aliphatic rings. The first-order chi connectivity index (χ1) is 8.35. The van der Waals surface area contributed by atoms with Gasteiger partial charge in [-0.1, -0.05) is 13.3 Å². The highest BCUT2D eigenvalue weighted by atomic mass is 16.3. The van der Waals surface area contributed by atoms with Crippen molar-refractivity contribution in [3.05, 3.63) is 17.0 Å². The smallest absolute Gasteiger partial charge is 0.224 e. The minimum Gasteiger partial charge on any atom is -0.388 e. The predicted molar refractivity (Wildman–Crippen MR) is 70.3 cm³/mol. The molecule has 1 unspecified atom stereocenters. The molecule has 1 amide bonds. The number of rotatable bonds is 6. The summed E-state index contributed by atoms with van der Waals surface area (Å²) in [6.45, 7) is 7.81. The van der Waals surface area contributed by atoms with Crippen molar-refractivity contribution < 1.29 is 9.90 Å². The predicted octanol–water partition coefficient (Wildman–Crippen LogP) is 1.24. The van der Waals surface area contributed by atoms with Gasteiger partial charge in [0.05, 0.1) is 17.7 Å². The van der Waals surface area contributed by atoms with E-state index in [0.717, 1.165) is 23.4 Å². The largest absolute Gasteiger partial charge is 0.388 e. The van der Waals surface area contributed by atoms with Gasteiger partial charge < -0.3 is 10.4 Å². The van der Waals surface area contributed by atoms with Crippen molar-refractivity contribution in [2.45, 2.75) is 52.6 Å². The zero-order chi connectivity index (χ0) is 13.8. The highest BCUT2D eigenvalue weighted by Crippen LogP contribution is 2.12. The Kier molecular flexibility index (Phi) is 4.90. The molecule has 0 fully saturated rings. The maximum atomic E-state index is 11.8. The molecule has 1 aromatic heterocycles. The zero-order valence-electron chi connectivity index (χ0n) is 11.6. The maximum absolute atomic E-state index is 11.8. The molecular weight excluding hydrogens is 230 g/mol. The van der Waals surface area contributed by atoms with E-state index in [0.29, 0.717) is 12.8 Å². The Morgan fingerprint density at radius 2 is 2.17 bits per heavy atom. The number of aromatic amines is 1. The van der Waals surface area contributed by atoms with Crippen LogP contribution in [0.2, 0.25) is 0 Å². The quantitative estimate of drug-likeness (QED) is 0.713. The number of carbonyl (C=O) groups excluding carboxylic acids is 1. The van der Waals surface area contributed by atoms with E-state index >= 15 is 0 Å². The van der Waals surface area contributed by atoms with E-state index < -0.39 is 5.60 Å². The van der Waals surface area contributed by atoms with Crippen LogP contribution in [0.3, 0.4) is 0 Å². The van der Waals surface area contributed by atoms with Crippen molar-refractivity contribution in [1.29, 1.82) is 0 Å². The van der Waals surface area contributed by atoms with Crippen LogP contribution >= 0.6 is 0 Å². The SMILES string of the molecule is CCCC(C)(O)CNC(=O)Cc1c(C)n[nH]c1C. The van der Waals surface area contributed by atoms with Crippen molar-refractivity contribution in [2.75, 3.05) is 6.54 Å². The molecule has 1 rings (SSSR count). The summed E-state index contributed by atoms with van der Waals surface area (Å²) in [5.74, 6) is -0.0843. The lowest BCUT2D eigenvalue weighted by molar-refractivity contribution is -0.121. The fourth-order valence-electron chi connectivity index (χ4n) is 1.97. The van der Waals surface area contributed by atoms with E-state index in [1.165, 1.54) is 0 Å². The third-order valence-corrected chi connectivity index (χ3v) is 3.07. The van der Waals surface area contributed by atoms with Crippen LogP contribution in [-0.4, -0.2) is 33.4 Å². The van der Waals surface area contributed by atoms with Crippen LogP contribution in [0.4, 0.5) is 0 Å². The standard InChI is InChI=1S/C13H23N3O2/c1-5-6-13(4,18)8-14-12(17)7-11-9(2)15-16-10(11)3/h18H,5-8H2,1-4H3,(H,14,17)(H,15,16). The average Bonchev–Trinajstić information content (AvgIpc) is 2.58. The molecule has 1 aromatic rings. The number of aromatic nitrogens is 2. The Labute approximate surface area is 108 Å². The Morgan fingerprint density at radius 3 is 2.67 bits per heavy atom. The number of amides is 1. The molecule has 0 aliphatic carbocycles. The van der Waals surface area contributed by atoms with Gasteiger partial charge in [-0.3, -0.25) is 9.89 Å². The van der Waals surface area contributed by atoms with Crippen LogP contribution in [0.15, 0.2) is 0 Å². The minimum absolute atomic E-state index is 0.0843. The van der Waals surface area contributed by atoms with Crippen molar-refractivity contribution in [1.82, 2.24) is 15.5 Å². The molecule has 1 atom stereocenters. The summed E-state index contributed by atoms with van der Waals surface area (Å²) < 4.78 is 0. The van der Waals surface area contributed by atoms with Gasteiger partial charge in [0.25, 0.3) is 0 Å². The molecular formula is C13H23N3O2. The summed E-state index contributed by atoms with van der Waals surface area (Å²) in [4.78, 5) is 11.8. The third-order valence-electron chi connectivity index (χ3n) is 3.07. The number of hydrogen-bond donors (Lipinski definition) is 3. The fraction of sp³-hybridized carbons (Fsp3) is 0.692.